The van der Waals surface area contributed by atoms with Gasteiger partial charge in [0.15, 0.2) is 0 Å². The minimum absolute atomic E-state index is 0.116. The van der Waals surface area contributed by atoms with Gasteiger partial charge in [0.2, 0.25) is 8.32 Å². The monoisotopic (exact) mass is 287 g/mol. The lowest BCUT2D eigenvalue weighted by Gasteiger charge is -2.23. The lowest BCUT2D eigenvalue weighted by molar-refractivity contribution is -0.385. The van der Waals surface area contributed by atoms with Gasteiger partial charge in [0.25, 0.3) is 5.69 Å². The van der Waals surface area contributed by atoms with Crippen molar-refractivity contribution in [3.8, 4) is 0 Å². The molecule has 0 N–H and O–H groups in total. The number of nitrogens with zero attached hydrogens (tertiary/aromatic N) is 1. The molecule has 0 bridgehead atoms. The summed E-state index contributed by atoms with van der Waals surface area (Å²) in [6, 6.07) is 16.7. The molecule has 2 aromatic rings. The number of benzene rings is 2. The standard InChI is InChI=1S/C15H17NO3Si/c1-20(2,14-9-4-3-5-10-14)19-12-13-8-6-7-11-15(13)16(17)18/h3-11H,12H2,1-2H3. The molecule has 0 saturated carbocycles. The summed E-state index contributed by atoms with van der Waals surface area (Å²) >= 11 is 0. The molecule has 4 nitrogen and oxygen atoms in total. The smallest absolute Gasteiger partial charge is 0.274 e. The minimum Gasteiger partial charge on any atom is -0.408 e. The Labute approximate surface area is 119 Å². The fourth-order valence-corrected chi connectivity index (χ4v) is 3.67. The maximum atomic E-state index is 11.0. The maximum Gasteiger partial charge on any atom is 0.274 e. The SMILES string of the molecule is C[Si](C)(OCc1ccccc1[N+](=O)[O-])c1ccccc1. The third kappa shape index (κ3) is 3.31. The molecule has 0 unspecified atom stereocenters. The number of rotatable bonds is 5. The van der Waals surface area contributed by atoms with Crippen LogP contribution in [0.15, 0.2) is 54.6 Å². The van der Waals surface area contributed by atoms with Gasteiger partial charge in [0, 0.05) is 6.07 Å². The van der Waals surface area contributed by atoms with Crippen LogP contribution in [-0.4, -0.2) is 13.2 Å². The average molecular weight is 287 g/mol. The molecule has 5 heteroatoms. The van der Waals surface area contributed by atoms with Crippen LogP contribution in [0.2, 0.25) is 13.1 Å². The summed E-state index contributed by atoms with van der Waals surface area (Å²) in [6.45, 7) is 4.46. The molecule has 0 radical (unpaired) electrons. The van der Waals surface area contributed by atoms with Crippen LogP contribution >= 0.6 is 0 Å². The minimum atomic E-state index is -2.04. The first-order valence-electron chi connectivity index (χ1n) is 6.42. The quantitative estimate of drug-likeness (QED) is 0.482. The zero-order valence-electron chi connectivity index (χ0n) is 11.6. The van der Waals surface area contributed by atoms with Gasteiger partial charge in [0.1, 0.15) is 0 Å². The predicted molar refractivity (Wildman–Crippen MR) is 81.4 cm³/mol. The van der Waals surface area contributed by atoms with Crippen molar-refractivity contribution in [3.63, 3.8) is 0 Å². The highest BCUT2D eigenvalue weighted by atomic mass is 28.4. The molecular weight excluding hydrogens is 270 g/mol. The van der Waals surface area contributed by atoms with E-state index in [1.54, 1.807) is 18.2 Å². The molecule has 0 saturated heterocycles. The first-order valence-corrected chi connectivity index (χ1v) is 9.33. The largest absolute Gasteiger partial charge is 0.408 e. The Morgan fingerprint density at radius 1 is 1.05 bits per heavy atom. The van der Waals surface area contributed by atoms with Crippen LogP contribution in [0.3, 0.4) is 0 Å². The molecule has 0 atom stereocenters. The maximum absolute atomic E-state index is 11.0. The Kier molecular flexibility index (Phi) is 4.31. The number of nitro benzene ring substituents is 1. The van der Waals surface area contributed by atoms with Gasteiger partial charge in [-0.2, -0.15) is 0 Å². The fraction of sp³-hybridized carbons (Fsp3) is 0.200. The average Bonchev–Trinajstić information content (AvgIpc) is 2.46. The fourth-order valence-electron chi connectivity index (χ4n) is 1.99. The van der Waals surface area contributed by atoms with E-state index < -0.39 is 8.32 Å². The van der Waals surface area contributed by atoms with Crippen LogP contribution in [-0.2, 0) is 11.0 Å². The summed E-state index contributed by atoms with van der Waals surface area (Å²) in [6.07, 6.45) is 0. The Balaban J connectivity index is 2.15. The summed E-state index contributed by atoms with van der Waals surface area (Å²) in [5.74, 6) is 0. The van der Waals surface area contributed by atoms with Gasteiger partial charge in [-0.25, -0.2) is 0 Å². The van der Waals surface area contributed by atoms with E-state index in [4.69, 9.17) is 4.43 Å². The van der Waals surface area contributed by atoms with Crippen molar-refractivity contribution in [1.29, 1.82) is 0 Å². The molecule has 0 spiro atoms. The molecular formula is C15H17NO3Si. The molecule has 0 aliphatic carbocycles. The molecule has 0 aliphatic rings. The van der Waals surface area contributed by atoms with Crippen LogP contribution in [0.1, 0.15) is 5.56 Å². The van der Waals surface area contributed by atoms with E-state index in [0.29, 0.717) is 5.56 Å². The highest BCUT2D eigenvalue weighted by molar-refractivity contribution is 6.84. The Morgan fingerprint density at radius 2 is 1.65 bits per heavy atom. The van der Waals surface area contributed by atoms with E-state index in [9.17, 15) is 10.1 Å². The molecule has 104 valence electrons. The highest BCUT2D eigenvalue weighted by Crippen LogP contribution is 2.20. The normalized spacial score (nSPS) is 11.3. The van der Waals surface area contributed by atoms with Crippen LogP contribution in [0, 0.1) is 10.1 Å². The zero-order valence-corrected chi connectivity index (χ0v) is 12.6. The Hall–Kier alpha value is -1.98. The van der Waals surface area contributed by atoms with Crippen LogP contribution < -0.4 is 5.19 Å². The molecule has 0 aromatic heterocycles. The van der Waals surface area contributed by atoms with Crippen LogP contribution in [0.25, 0.3) is 0 Å². The molecule has 0 aliphatic heterocycles. The third-order valence-corrected chi connectivity index (χ3v) is 5.84. The third-order valence-electron chi connectivity index (χ3n) is 3.25. The van der Waals surface area contributed by atoms with Gasteiger partial charge in [-0.1, -0.05) is 42.5 Å². The summed E-state index contributed by atoms with van der Waals surface area (Å²) in [7, 11) is -2.04. The van der Waals surface area contributed by atoms with Crippen molar-refractivity contribution < 1.29 is 9.35 Å². The second-order valence-corrected chi connectivity index (χ2v) is 8.94. The molecule has 0 fully saturated rings. The van der Waals surface area contributed by atoms with Gasteiger partial charge in [0.05, 0.1) is 17.1 Å². The second kappa shape index (κ2) is 5.98. The summed E-state index contributed by atoms with van der Waals surface area (Å²) in [4.78, 5) is 10.6. The summed E-state index contributed by atoms with van der Waals surface area (Å²) in [5, 5.41) is 12.2. The van der Waals surface area contributed by atoms with E-state index in [-0.39, 0.29) is 17.2 Å². The predicted octanol–water partition coefficient (Wildman–Crippen LogP) is 3.22. The Morgan fingerprint density at radius 3 is 2.30 bits per heavy atom. The second-order valence-electron chi connectivity index (χ2n) is 5.05. The van der Waals surface area contributed by atoms with Crippen molar-refractivity contribution in [3.05, 3.63) is 70.3 Å². The van der Waals surface area contributed by atoms with E-state index in [0.717, 1.165) is 0 Å². The Bertz CT molecular complexity index is 599. The van der Waals surface area contributed by atoms with Gasteiger partial charge in [-0.3, -0.25) is 10.1 Å². The van der Waals surface area contributed by atoms with Crippen molar-refractivity contribution >= 4 is 19.2 Å². The highest BCUT2D eigenvalue weighted by Gasteiger charge is 2.26. The van der Waals surface area contributed by atoms with Crippen molar-refractivity contribution in [2.75, 3.05) is 0 Å². The van der Waals surface area contributed by atoms with Crippen molar-refractivity contribution in [2.45, 2.75) is 19.7 Å². The van der Waals surface area contributed by atoms with E-state index in [1.807, 2.05) is 30.3 Å². The molecule has 20 heavy (non-hydrogen) atoms. The van der Waals surface area contributed by atoms with Gasteiger partial charge >= 0.3 is 0 Å². The van der Waals surface area contributed by atoms with Crippen molar-refractivity contribution in [2.24, 2.45) is 0 Å². The number of hydrogen-bond donors (Lipinski definition) is 0. The number of para-hydroxylation sites is 1. The molecule has 0 heterocycles. The van der Waals surface area contributed by atoms with Crippen LogP contribution in [0.5, 0.6) is 0 Å². The molecule has 0 amide bonds. The van der Waals surface area contributed by atoms with Crippen molar-refractivity contribution in [1.82, 2.24) is 0 Å². The molecule has 2 aromatic carbocycles. The lowest BCUT2D eigenvalue weighted by atomic mass is 10.2. The molecule has 2 rings (SSSR count). The summed E-state index contributed by atoms with van der Waals surface area (Å²) < 4.78 is 6.03. The first-order chi connectivity index (χ1) is 9.50. The number of nitro groups is 1. The first kappa shape index (κ1) is 14.4. The van der Waals surface area contributed by atoms with Gasteiger partial charge in [-0.15, -0.1) is 0 Å². The van der Waals surface area contributed by atoms with E-state index in [1.165, 1.54) is 11.3 Å². The zero-order chi connectivity index (χ0) is 14.6. The van der Waals surface area contributed by atoms with Gasteiger partial charge in [-0.05, 0) is 24.3 Å². The van der Waals surface area contributed by atoms with E-state index >= 15 is 0 Å². The topological polar surface area (TPSA) is 52.4 Å². The van der Waals surface area contributed by atoms with Crippen LogP contribution in [0.4, 0.5) is 5.69 Å². The van der Waals surface area contributed by atoms with E-state index in [2.05, 4.69) is 13.1 Å². The summed E-state index contributed by atoms with van der Waals surface area (Å²) in [5.41, 5.74) is 0.736. The lowest BCUT2D eigenvalue weighted by Crippen LogP contribution is -2.44. The van der Waals surface area contributed by atoms with Gasteiger partial charge < -0.3 is 4.43 Å². The number of hydrogen-bond acceptors (Lipinski definition) is 3.